The molecule has 1 aliphatic rings. The quantitative estimate of drug-likeness (QED) is 0.419. The minimum Gasteiger partial charge on any atom is -0.478 e. The van der Waals surface area contributed by atoms with Crippen molar-refractivity contribution in [1.29, 1.82) is 0 Å². The van der Waals surface area contributed by atoms with Crippen LogP contribution in [0.25, 0.3) is 5.69 Å². The first-order valence-corrected chi connectivity index (χ1v) is 11.2. The standard InChI is InChI=1S/C27H26N4O2/c32-27(33)24-6-3-7-25(26(24)30-15-1-2-16-30)31-18-23(19-31)29-22-12-10-20(11-13-22)8-9-21-5-4-14-28-17-21/h1-7,10-17,23,29H,8-9,18-19H2,(H,32,33). The zero-order valence-electron chi connectivity index (χ0n) is 18.3. The summed E-state index contributed by atoms with van der Waals surface area (Å²) < 4.78 is 1.88. The molecule has 6 heteroatoms. The van der Waals surface area contributed by atoms with E-state index in [1.165, 1.54) is 11.1 Å². The summed E-state index contributed by atoms with van der Waals surface area (Å²) in [4.78, 5) is 18.2. The number of nitrogens with zero attached hydrogens (tertiary/aromatic N) is 3. The summed E-state index contributed by atoms with van der Waals surface area (Å²) in [5, 5.41) is 13.3. The third-order valence-electron chi connectivity index (χ3n) is 6.08. The van der Waals surface area contributed by atoms with E-state index in [2.05, 4.69) is 45.5 Å². The molecule has 0 spiro atoms. The van der Waals surface area contributed by atoms with E-state index in [0.29, 0.717) is 17.3 Å². The Kier molecular flexibility index (Phi) is 5.81. The lowest BCUT2D eigenvalue weighted by molar-refractivity contribution is 0.0697. The van der Waals surface area contributed by atoms with Gasteiger partial charge in [-0.1, -0.05) is 24.3 Å². The number of para-hydroxylation sites is 1. The average molecular weight is 439 g/mol. The first-order valence-electron chi connectivity index (χ1n) is 11.2. The molecule has 0 aliphatic carbocycles. The van der Waals surface area contributed by atoms with Crippen molar-refractivity contribution < 1.29 is 9.90 Å². The van der Waals surface area contributed by atoms with Crippen molar-refractivity contribution in [2.24, 2.45) is 0 Å². The van der Waals surface area contributed by atoms with Crippen molar-refractivity contribution in [2.75, 3.05) is 23.3 Å². The van der Waals surface area contributed by atoms with Crippen LogP contribution in [0.1, 0.15) is 21.5 Å². The predicted octanol–water partition coefficient (Wildman–Crippen LogP) is 4.66. The summed E-state index contributed by atoms with van der Waals surface area (Å²) in [7, 11) is 0. The molecule has 3 heterocycles. The number of aryl methyl sites for hydroxylation is 2. The summed E-state index contributed by atoms with van der Waals surface area (Å²) in [6.07, 6.45) is 9.47. The van der Waals surface area contributed by atoms with E-state index in [0.717, 1.165) is 37.3 Å². The lowest BCUT2D eigenvalue weighted by Gasteiger charge is -2.42. The number of hydrogen-bond acceptors (Lipinski definition) is 4. The first kappa shape index (κ1) is 20.8. The molecule has 2 aromatic carbocycles. The zero-order chi connectivity index (χ0) is 22.6. The normalized spacial score (nSPS) is 13.5. The molecule has 1 aliphatic heterocycles. The third-order valence-corrected chi connectivity index (χ3v) is 6.08. The van der Waals surface area contributed by atoms with E-state index in [9.17, 15) is 9.90 Å². The molecule has 2 aromatic heterocycles. The van der Waals surface area contributed by atoms with Crippen molar-refractivity contribution in [2.45, 2.75) is 18.9 Å². The second kappa shape index (κ2) is 9.20. The fraction of sp³-hybridized carbons (Fsp3) is 0.185. The second-order valence-corrected chi connectivity index (χ2v) is 8.37. The number of pyridine rings is 1. The minimum atomic E-state index is -0.917. The molecular formula is C27H26N4O2. The monoisotopic (exact) mass is 438 g/mol. The Morgan fingerprint density at radius 1 is 0.939 bits per heavy atom. The van der Waals surface area contributed by atoms with E-state index in [-0.39, 0.29) is 0 Å². The van der Waals surface area contributed by atoms with E-state index in [4.69, 9.17) is 0 Å². The summed E-state index contributed by atoms with van der Waals surface area (Å²) in [5.74, 6) is -0.917. The van der Waals surface area contributed by atoms with Gasteiger partial charge in [0.25, 0.3) is 0 Å². The molecule has 0 saturated carbocycles. The molecule has 0 atom stereocenters. The molecule has 33 heavy (non-hydrogen) atoms. The van der Waals surface area contributed by atoms with Crippen LogP contribution in [0.2, 0.25) is 0 Å². The number of aromatic carboxylic acids is 1. The molecular weight excluding hydrogens is 412 g/mol. The molecule has 0 bridgehead atoms. The average Bonchev–Trinajstić information content (AvgIpc) is 3.35. The van der Waals surface area contributed by atoms with Crippen molar-refractivity contribution in [1.82, 2.24) is 9.55 Å². The van der Waals surface area contributed by atoms with Gasteiger partial charge < -0.3 is 19.9 Å². The number of benzene rings is 2. The highest BCUT2D eigenvalue weighted by molar-refractivity contribution is 5.95. The Hall–Kier alpha value is -4.06. The van der Waals surface area contributed by atoms with E-state index in [1.807, 2.05) is 53.5 Å². The number of carboxylic acid groups (broad SMARTS) is 1. The van der Waals surface area contributed by atoms with E-state index in [1.54, 1.807) is 12.3 Å². The number of aromatic nitrogens is 2. The van der Waals surface area contributed by atoms with Crippen molar-refractivity contribution in [3.8, 4) is 5.69 Å². The molecule has 4 aromatic rings. The van der Waals surface area contributed by atoms with Crippen LogP contribution in [-0.4, -0.2) is 39.8 Å². The number of rotatable bonds is 8. The highest BCUT2D eigenvalue weighted by atomic mass is 16.4. The second-order valence-electron chi connectivity index (χ2n) is 8.37. The zero-order valence-corrected chi connectivity index (χ0v) is 18.3. The van der Waals surface area contributed by atoms with Crippen molar-refractivity contribution >= 4 is 17.3 Å². The highest BCUT2D eigenvalue weighted by Crippen LogP contribution is 2.32. The van der Waals surface area contributed by atoms with Gasteiger partial charge in [0, 0.05) is 43.6 Å². The number of carbonyl (C=O) groups is 1. The molecule has 1 fully saturated rings. The molecule has 1 saturated heterocycles. The maximum Gasteiger partial charge on any atom is 0.337 e. The molecule has 2 N–H and O–H groups in total. The number of anilines is 2. The van der Waals surface area contributed by atoms with Crippen LogP contribution in [0.3, 0.4) is 0 Å². The van der Waals surface area contributed by atoms with Crippen LogP contribution in [0.5, 0.6) is 0 Å². The van der Waals surface area contributed by atoms with Gasteiger partial charge in [-0.3, -0.25) is 4.98 Å². The van der Waals surface area contributed by atoms with Crippen molar-refractivity contribution in [3.05, 3.63) is 108 Å². The van der Waals surface area contributed by atoms with Crippen LogP contribution < -0.4 is 10.2 Å². The fourth-order valence-electron chi connectivity index (χ4n) is 4.32. The Bertz CT molecular complexity index is 1210. The topological polar surface area (TPSA) is 70.4 Å². The maximum absolute atomic E-state index is 11.8. The number of hydrogen-bond donors (Lipinski definition) is 2. The number of nitrogens with one attached hydrogen (secondary N) is 1. The third kappa shape index (κ3) is 4.60. The summed E-state index contributed by atoms with van der Waals surface area (Å²) in [6, 6.07) is 22.3. The van der Waals surface area contributed by atoms with Gasteiger partial charge >= 0.3 is 5.97 Å². The predicted molar refractivity (Wildman–Crippen MR) is 130 cm³/mol. The van der Waals surface area contributed by atoms with Gasteiger partial charge in [0.15, 0.2) is 0 Å². The number of carboxylic acids is 1. The van der Waals surface area contributed by atoms with Gasteiger partial charge in [-0.15, -0.1) is 0 Å². The summed E-state index contributed by atoms with van der Waals surface area (Å²) in [6.45, 7) is 1.64. The molecule has 6 nitrogen and oxygen atoms in total. The molecule has 5 rings (SSSR count). The Balaban J connectivity index is 1.21. The summed E-state index contributed by atoms with van der Waals surface area (Å²) >= 11 is 0. The van der Waals surface area contributed by atoms with Gasteiger partial charge in [0.05, 0.1) is 23.0 Å². The Labute approximate surface area is 193 Å². The van der Waals surface area contributed by atoms with Gasteiger partial charge in [-0.05, 0) is 66.4 Å². The van der Waals surface area contributed by atoms with Gasteiger partial charge in [-0.2, -0.15) is 0 Å². The lowest BCUT2D eigenvalue weighted by Crippen LogP contribution is -2.55. The minimum absolute atomic E-state index is 0.307. The molecule has 0 unspecified atom stereocenters. The SMILES string of the molecule is O=C(O)c1cccc(N2CC(Nc3ccc(CCc4cccnc4)cc3)C2)c1-n1cccc1. The van der Waals surface area contributed by atoms with Gasteiger partial charge in [0.1, 0.15) is 0 Å². The first-order chi connectivity index (χ1) is 16.2. The molecule has 0 radical (unpaired) electrons. The lowest BCUT2D eigenvalue weighted by atomic mass is 10.0. The van der Waals surface area contributed by atoms with Crippen LogP contribution in [0.4, 0.5) is 11.4 Å². The fourth-order valence-corrected chi connectivity index (χ4v) is 4.32. The van der Waals surface area contributed by atoms with Crippen LogP contribution >= 0.6 is 0 Å². The van der Waals surface area contributed by atoms with E-state index < -0.39 is 5.97 Å². The van der Waals surface area contributed by atoms with Gasteiger partial charge in [-0.25, -0.2) is 4.79 Å². The van der Waals surface area contributed by atoms with Crippen molar-refractivity contribution in [3.63, 3.8) is 0 Å². The Morgan fingerprint density at radius 3 is 2.39 bits per heavy atom. The molecule has 0 amide bonds. The van der Waals surface area contributed by atoms with Crippen LogP contribution in [0, 0.1) is 0 Å². The van der Waals surface area contributed by atoms with Gasteiger partial charge in [0.2, 0.25) is 0 Å². The largest absolute Gasteiger partial charge is 0.478 e. The summed E-state index contributed by atoms with van der Waals surface area (Å²) in [5.41, 5.74) is 5.62. The van der Waals surface area contributed by atoms with E-state index >= 15 is 0 Å². The molecule has 166 valence electrons. The maximum atomic E-state index is 11.8. The van der Waals surface area contributed by atoms with Crippen LogP contribution in [-0.2, 0) is 12.8 Å². The highest BCUT2D eigenvalue weighted by Gasteiger charge is 2.30. The Morgan fingerprint density at radius 2 is 1.70 bits per heavy atom. The van der Waals surface area contributed by atoms with Crippen LogP contribution in [0.15, 0.2) is 91.5 Å². The smallest absolute Gasteiger partial charge is 0.337 e.